The zero-order valence-electron chi connectivity index (χ0n) is 15.7. The average molecular weight is 338 g/mol. The molecule has 2 N–H and O–H groups in total. The van der Waals surface area contributed by atoms with Crippen molar-refractivity contribution in [2.75, 3.05) is 39.8 Å². The van der Waals surface area contributed by atoms with Crippen LogP contribution in [-0.2, 0) is 4.79 Å². The average Bonchev–Trinajstić information content (AvgIpc) is 3.02. The molecule has 3 amide bonds. The van der Waals surface area contributed by atoms with Crippen molar-refractivity contribution in [2.45, 2.75) is 46.1 Å². The summed E-state index contributed by atoms with van der Waals surface area (Å²) in [4.78, 5) is 28.7. The lowest BCUT2D eigenvalue weighted by molar-refractivity contribution is -0.124. The molecule has 0 aromatic carbocycles. The minimum absolute atomic E-state index is 0.194. The van der Waals surface area contributed by atoms with E-state index < -0.39 is 0 Å². The second kappa shape index (κ2) is 8.81. The van der Waals surface area contributed by atoms with Gasteiger partial charge in [0.15, 0.2) is 0 Å². The number of piperidine rings is 1. The van der Waals surface area contributed by atoms with E-state index >= 15 is 0 Å². The third-order valence-corrected chi connectivity index (χ3v) is 5.52. The van der Waals surface area contributed by atoms with Gasteiger partial charge in [-0.15, -0.1) is 0 Å². The van der Waals surface area contributed by atoms with Gasteiger partial charge in [-0.25, -0.2) is 4.79 Å². The van der Waals surface area contributed by atoms with Gasteiger partial charge in [0.05, 0.1) is 6.04 Å². The van der Waals surface area contributed by atoms with Gasteiger partial charge < -0.3 is 10.2 Å². The topological polar surface area (TPSA) is 64.7 Å². The molecular formula is C18H34N4O2. The fraction of sp³-hybridized carbons (Fsp3) is 0.889. The number of nitrogens with zero attached hydrogens (tertiary/aromatic N) is 2. The Kier molecular flexibility index (Phi) is 7.04. The first-order valence-corrected chi connectivity index (χ1v) is 9.38. The number of amides is 3. The van der Waals surface area contributed by atoms with Crippen molar-refractivity contribution in [3.05, 3.63) is 0 Å². The Morgan fingerprint density at radius 1 is 1.04 bits per heavy atom. The summed E-state index contributed by atoms with van der Waals surface area (Å²) < 4.78 is 0. The summed E-state index contributed by atoms with van der Waals surface area (Å²) in [5.41, 5.74) is 0. The van der Waals surface area contributed by atoms with E-state index in [0.29, 0.717) is 18.4 Å². The second-order valence-corrected chi connectivity index (χ2v) is 7.95. The molecule has 6 heteroatoms. The molecule has 0 aromatic rings. The molecule has 0 unspecified atom stereocenters. The quantitative estimate of drug-likeness (QED) is 0.798. The monoisotopic (exact) mass is 338 g/mol. The summed E-state index contributed by atoms with van der Waals surface area (Å²) >= 11 is 0. The highest BCUT2D eigenvalue weighted by molar-refractivity contribution is 5.96. The maximum Gasteiger partial charge on any atom is 0.321 e. The first-order valence-electron chi connectivity index (χ1n) is 9.38. The number of hydrogen-bond acceptors (Lipinski definition) is 4. The third-order valence-electron chi connectivity index (χ3n) is 5.52. The van der Waals surface area contributed by atoms with Gasteiger partial charge in [0.1, 0.15) is 0 Å². The van der Waals surface area contributed by atoms with Crippen LogP contribution in [0.5, 0.6) is 0 Å². The number of imide groups is 1. The van der Waals surface area contributed by atoms with Crippen LogP contribution in [0.25, 0.3) is 0 Å². The van der Waals surface area contributed by atoms with Crippen molar-refractivity contribution in [1.29, 1.82) is 0 Å². The molecule has 2 rings (SSSR count). The summed E-state index contributed by atoms with van der Waals surface area (Å²) in [6, 6.07) is -0.627. The summed E-state index contributed by atoms with van der Waals surface area (Å²) in [7, 11) is 2.19. The Morgan fingerprint density at radius 2 is 1.67 bits per heavy atom. The number of urea groups is 1. The van der Waals surface area contributed by atoms with E-state index in [1.807, 2.05) is 20.8 Å². The van der Waals surface area contributed by atoms with E-state index in [0.717, 1.165) is 19.0 Å². The highest BCUT2D eigenvalue weighted by atomic mass is 16.2. The molecule has 2 saturated heterocycles. The Morgan fingerprint density at radius 3 is 2.29 bits per heavy atom. The van der Waals surface area contributed by atoms with Gasteiger partial charge >= 0.3 is 6.03 Å². The Balaban J connectivity index is 1.75. The molecule has 2 fully saturated rings. The van der Waals surface area contributed by atoms with Crippen LogP contribution in [0.1, 0.15) is 40.0 Å². The zero-order chi connectivity index (χ0) is 17.7. The van der Waals surface area contributed by atoms with Gasteiger partial charge in [-0.1, -0.05) is 13.8 Å². The van der Waals surface area contributed by atoms with Gasteiger partial charge in [0.25, 0.3) is 0 Å². The normalized spacial score (nSPS) is 25.0. The summed E-state index contributed by atoms with van der Waals surface area (Å²) in [6.45, 7) is 10.9. The van der Waals surface area contributed by atoms with E-state index in [2.05, 4.69) is 27.5 Å². The van der Waals surface area contributed by atoms with Crippen molar-refractivity contribution in [3.63, 3.8) is 0 Å². The molecule has 0 aliphatic carbocycles. The number of hydrogen-bond donors (Lipinski definition) is 2. The van der Waals surface area contributed by atoms with Crippen LogP contribution < -0.4 is 10.6 Å². The second-order valence-electron chi connectivity index (χ2n) is 7.95. The van der Waals surface area contributed by atoms with Crippen LogP contribution in [0.15, 0.2) is 0 Å². The highest BCUT2D eigenvalue weighted by Crippen LogP contribution is 2.32. The molecule has 2 aliphatic heterocycles. The van der Waals surface area contributed by atoms with Crippen LogP contribution in [0.3, 0.4) is 0 Å². The summed E-state index contributed by atoms with van der Waals surface area (Å²) in [5.74, 6) is 1.66. The highest BCUT2D eigenvalue weighted by Gasteiger charge is 2.35. The van der Waals surface area contributed by atoms with Crippen LogP contribution in [-0.4, -0.2) is 67.6 Å². The van der Waals surface area contributed by atoms with E-state index in [4.69, 9.17) is 0 Å². The Bertz CT molecular complexity index is 433. The van der Waals surface area contributed by atoms with Gasteiger partial charge in [0.2, 0.25) is 5.91 Å². The SMILES string of the molecule is CC(C)CNC(=O)NC(=O)[C@@H](C)N1CC[C@@H](C2CCN(C)CC2)C1. The molecule has 0 bridgehead atoms. The standard InChI is InChI=1S/C18H34N4O2/c1-13(2)11-19-18(24)20-17(23)14(3)22-10-7-16(12-22)15-5-8-21(4)9-6-15/h13-16H,5-12H2,1-4H3,(H2,19,20,23,24)/t14-,16-/m1/s1. The minimum Gasteiger partial charge on any atom is -0.338 e. The first-order chi connectivity index (χ1) is 11.4. The number of carbonyl (C=O) groups is 2. The molecule has 2 heterocycles. The molecule has 0 saturated carbocycles. The van der Waals surface area contributed by atoms with Crippen LogP contribution in [0.2, 0.25) is 0 Å². The van der Waals surface area contributed by atoms with Crippen molar-refractivity contribution in [3.8, 4) is 0 Å². The van der Waals surface area contributed by atoms with Crippen LogP contribution >= 0.6 is 0 Å². The van der Waals surface area contributed by atoms with E-state index in [-0.39, 0.29) is 18.0 Å². The molecule has 24 heavy (non-hydrogen) atoms. The smallest absolute Gasteiger partial charge is 0.321 e. The molecule has 0 radical (unpaired) electrons. The number of nitrogens with one attached hydrogen (secondary N) is 2. The van der Waals surface area contributed by atoms with Gasteiger partial charge in [0, 0.05) is 13.1 Å². The molecule has 2 aliphatic rings. The van der Waals surface area contributed by atoms with Crippen molar-refractivity contribution in [2.24, 2.45) is 17.8 Å². The fourth-order valence-corrected chi connectivity index (χ4v) is 3.78. The summed E-state index contributed by atoms with van der Waals surface area (Å²) in [6.07, 6.45) is 3.71. The molecular weight excluding hydrogens is 304 g/mol. The number of likely N-dealkylation sites (tertiary alicyclic amines) is 2. The third kappa shape index (κ3) is 5.45. The van der Waals surface area contributed by atoms with Gasteiger partial charge in [-0.05, 0) is 70.6 Å². The minimum atomic E-state index is -0.383. The Labute approximate surface area is 146 Å². The predicted octanol–water partition coefficient (Wildman–Crippen LogP) is 1.52. The van der Waals surface area contributed by atoms with E-state index in [9.17, 15) is 9.59 Å². The molecule has 138 valence electrons. The van der Waals surface area contributed by atoms with Crippen LogP contribution in [0.4, 0.5) is 4.79 Å². The van der Waals surface area contributed by atoms with Crippen molar-refractivity contribution < 1.29 is 9.59 Å². The predicted molar refractivity (Wildman–Crippen MR) is 95.7 cm³/mol. The maximum atomic E-state index is 12.3. The molecule has 2 atom stereocenters. The largest absolute Gasteiger partial charge is 0.338 e. The lowest BCUT2D eigenvalue weighted by Crippen LogP contribution is -2.49. The summed E-state index contributed by atoms with van der Waals surface area (Å²) in [5, 5.41) is 5.20. The van der Waals surface area contributed by atoms with Gasteiger partial charge in [-0.2, -0.15) is 0 Å². The van der Waals surface area contributed by atoms with Crippen molar-refractivity contribution >= 4 is 11.9 Å². The molecule has 0 aromatic heterocycles. The fourth-order valence-electron chi connectivity index (χ4n) is 3.78. The van der Waals surface area contributed by atoms with E-state index in [1.165, 1.54) is 32.4 Å². The Hall–Kier alpha value is -1.14. The van der Waals surface area contributed by atoms with E-state index in [1.54, 1.807) is 0 Å². The zero-order valence-corrected chi connectivity index (χ0v) is 15.7. The maximum absolute atomic E-state index is 12.3. The first kappa shape index (κ1) is 19.2. The van der Waals surface area contributed by atoms with Crippen LogP contribution in [0, 0.1) is 17.8 Å². The van der Waals surface area contributed by atoms with Crippen molar-refractivity contribution in [1.82, 2.24) is 20.4 Å². The molecule has 0 spiro atoms. The lowest BCUT2D eigenvalue weighted by atomic mass is 9.84. The lowest BCUT2D eigenvalue weighted by Gasteiger charge is -2.33. The van der Waals surface area contributed by atoms with Gasteiger partial charge in [-0.3, -0.25) is 15.0 Å². The molecule has 6 nitrogen and oxygen atoms in total. The number of carbonyl (C=O) groups excluding carboxylic acids is 2. The number of rotatable bonds is 5.